The number of nitrogens with zero attached hydrogens (tertiary/aromatic N) is 3. The van der Waals surface area contributed by atoms with Crippen LogP contribution in [0.2, 0.25) is 0 Å². The number of anilines is 2. The number of rotatable bonds is 3. The monoisotopic (exact) mass is 268 g/mol. The van der Waals surface area contributed by atoms with E-state index in [1.54, 1.807) is 18.6 Å². The van der Waals surface area contributed by atoms with Gasteiger partial charge in [-0.25, -0.2) is 4.98 Å². The number of amides is 1. The second kappa shape index (κ2) is 5.69. The minimum absolute atomic E-state index is 0.0582. The molecule has 1 N–H and O–H groups in total. The average molecular weight is 268 g/mol. The van der Waals surface area contributed by atoms with Gasteiger partial charge in [-0.1, -0.05) is 18.2 Å². The maximum atomic E-state index is 12.3. The number of benzene rings is 1. The predicted molar refractivity (Wildman–Crippen MR) is 77.6 cm³/mol. The molecule has 0 saturated carbocycles. The van der Waals surface area contributed by atoms with Crippen LogP contribution in [0.5, 0.6) is 0 Å². The van der Waals surface area contributed by atoms with E-state index in [1.165, 1.54) is 5.56 Å². The van der Waals surface area contributed by atoms with E-state index in [4.69, 9.17) is 0 Å². The Kier molecular flexibility index (Phi) is 3.58. The number of aromatic nitrogens is 2. The molecule has 2 heterocycles. The third kappa shape index (κ3) is 2.61. The second-order valence-electron chi connectivity index (χ2n) is 4.72. The quantitative estimate of drug-likeness (QED) is 0.923. The Balaban J connectivity index is 1.69. The molecule has 1 aliphatic heterocycles. The Labute approximate surface area is 117 Å². The maximum Gasteiger partial charge on any atom is 0.246 e. The van der Waals surface area contributed by atoms with Crippen molar-refractivity contribution in [3.63, 3.8) is 0 Å². The molecule has 1 aromatic carbocycles. The molecule has 1 amide bonds. The summed E-state index contributed by atoms with van der Waals surface area (Å²) in [7, 11) is 0. The fourth-order valence-corrected chi connectivity index (χ4v) is 2.44. The number of carbonyl (C=O) groups excluding carboxylic acids is 1. The molecule has 0 radical (unpaired) electrons. The number of fused-ring (bicyclic) bond motifs is 1. The average Bonchev–Trinajstić information content (AvgIpc) is 2.53. The molecule has 0 fully saturated rings. The summed E-state index contributed by atoms with van der Waals surface area (Å²) in [5.74, 6) is 0.675. The molecule has 5 nitrogen and oxygen atoms in total. The molecule has 1 aliphatic rings. The number of hydrogen-bond acceptors (Lipinski definition) is 4. The van der Waals surface area contributed by atoms with Gasteiger partial charge in [0.1, 0.15) is 5.82 Å². The predicted octanol–water partition coefficient (Wildman–Crippen LogP) is 1.87. The Hall–Kier alpha value is -2.43. The van der Waals surface area contributed by atoms with Crippen LogP contribution in [0.25, 0.3) is 0 Å². The fraction of sp³-hybridized carbons (Fsp3) is 0.267. The molecule has 5 heteroatoms. The van der Waals surface area contributed by atoms with Gasteiger partial charge >= 0.3 is 0 Å². The van der Waals surface area contributed by atoms with Crippen LogP contribution in [-0.4, -0.2) is 29.0 Å². The van der Waals surface area contributed by atoms with E-state index in [-0.39, 0.29) is 12.5 Å². The van der Waals surface area contributed by atoms with Crippen LogP contribution in [0.3, 0.4) is 0 Å². The van der Waals surface area contributed by atoms with Gasteiger partial charge in [0, 0.05) is 24.6 Å². The van der Waals surface area contributed by atoms with Crippen molar-refractivity contribution in [1.82, 2.24) is 9.97 Å². The van der Waals surface area contributed by atoms with Crippen molar-refractivity contribution in [2.45, 2.75) is 12.8 Å². The highest BCUT2D eigenvalue weighted by atomic mass is 16.2. The van der Waals surface area contributed by atoms with Crippen molar-refractivity contribution in [1.29, 1.82) is 0 Å². The van der Waals surface area contributed by atoms with E-state index in [9.17, 15) is 4.79 Å². The minimum atomic E-state index is 0.0582. The first-order valence-corrected chi connectivity index (χ1v) is 6.73. The lowest BCUT2D eigenvalue weighted by Crippen LogP contribution is -2.39. The van der Waals surface area contributed by atoms with Crippen LogP contribution in [-0.2, 0) is 11.2 Å². The lowest BCUT2D eigenvalue weighted by Gasteiger charge is -2.29. The third-order valence-corrected chi connectivity index (χ3v) is 3.40. The minimum Gasteiger partial charge on any atom is -0.360 e. The lowest BCUT2D eigenvalue weighted by atomic mass is 10.0. The van der Waals surface area contributed by atoms with Crippen molar-refractivity contribution in [2.24, 2.45) is 0 Å². The first kappa shape index (κ1) is 12.6. The van der Waals surface area contributed by atoms with Crippen LogP contribution in [0.4, 0.5) is 11.5 Å². The summed E-state index contributed by atoms with van der Waals surface area (Å²) >= 11 is 0. The van der Waals surface area contributed by atoms with Gasteiger partial charge in [0.15, 0.2) is 0 Å². The molecular weight excluding hydrogens is 252 g/mol. The van der Waals surface area contributed by atoms with E-state index in [1.807, 2.05) is 23.1 Å². The topological polar surface area (TPSA) is 58.1 Å². The van der Waals surface area contributed by atoms with Gasteiger partial charge in [-0.05, 0) is 24.5 Å². The van der Waals surface area contributed by atoms with Crippen molar-refractivity contribution in [3.05, 3.63) is 48.4 Å². The Morgan fingerprint density at radius 2 is 2.20 bits per heavy atom. The van der Waals surface area contributed by atoms with Crippen molar-refractivity contribution < 1.29 is 4.79 Å². The van der Waals surface area contributed by atoms with Gasteiger partial charge in [-0.2, -0.15) is 0 Å². The second-order valence-corrected chi connectivity index (χ2v) is 4.72. The summed E-state index contributed by atoms with van der Waals surface area (Å²) < 4.78 is 0. The molecule has 0 unspecified atom stereocenters. The maximum absolute atomic E-state index is 12.3. The molecular formula is C15H16N4O. The Morgan fingerprint density at radius 1 is 1.30 bits per heavy atom. The van der Waals surface area contributed by atoms with Crippen LogP contribution >= 0.6 is 0 Å². The van der Waals surface area contributed by atoms with Gasteiger partial charge in [0.05, 0.1) is 12.7 Å². The standard InChI is InChI=1S/C15H16N4O/c20-15(11-18-14-10-16-7-8-17-14)19-9-3-5-12-4-1-2-6-13(12)19/h1-2,4,6-8,10H,3,5,9,11H2,(H,17,18). The van der Waals surface area contributed by atoms with Crippen LogP contribution in [0.1, 0.15) is 12.0 Å². The number of hydrogen-bond donors (Lipinski definition) is 1. The zero-order chi connectivity index (χ0) is 13.8. The van der Waals surface area contributed by atoms with E-state index in [0.29, 0.717) is 5.82 Å². The number of carbonyl (C=O) groups is 1. The van der Waals surface area contributed by atoms with Crippen LogP contribution in [0.15, 0.2) is 42.9 Å². The Morgan fingerprint density at radius 3 is 3.05 bits per heavy atom. The molecule has 0 atom stereocenters. The van der Waals surface area contributed by atoms with E-state index in [0.717, 1.165) is 25.1 Å². The van der Waals surface area contributed by atoms with Gasteiger partial charge in [-0.3, -0.25) is 9.78 Å². The summed E-state index contributed by atoms with van der Waals surface area (Å²) in [5.41, 5.74) is 2.27. The molecule has 2 aromatic rings. The number of aryl methyl sites for hydroxylation is 1. The van der Waals surface area contributed by atoms with Gasteiger partial charge in [0.25, 0.3) is 0 Å². The van der Waals surface area contributed by atoms with Gasteiger partial charge in [0.2, 0.25) is 5.91 Å². The summed E-state index contributed by atoms with van der Waals surface area (Å²) in [4.78, 5) is 22.3. The lowest BCUT2D eigenvalue weighted by molar-refractivity contribution is -0.117. The Bertz CT molecular complexity index is 600. The summed E-state index contributed by atoms with van der Waals surface area (Å²) in [6.07, 6.45) is 6.86. The SMILES string of the molecule is O=C(CNc1cnccn1)N1CCCc2ccccc21. The number of nitrogens with one attached hydrogen (secondary N) is 1. The molecule has 0 bridgehead atoms. The van der Waals surface area contributed by atoms with E-state index >= 15 is 0 Å². The first-order chi connectivity index (χ1) is 9.84. The summed E-state index contributed by atoms with van der Waals surface area (Å²) in [5, 5.41) is 3.01. The zero-order valence-electron chi connectivity index (χ0n) is 11.1. The van der Waals surface area contributed by atoms with Crippen molar-refractivity contribution in [3.8, 4) is 0 Å². The van der Waals surface area contributed by atoms with Crippen molar-refractivity contribution >= 4 is 17.4 Å². The summed E-state index contributed by atoms with van der Waals surface area (Å²) in [6.45, 7) is 1.00. The van der Waals surface area contributed by atoms with E-state index in [2.05, 4.69) is 21.4 Å². The molecule has 102 valence electrons. The largest absolute Gasteiger partial charge is 0.360 e. The normalized spacial score (nSPS) is 13.7. The van der Waals surface area contributed by atoms with Gasteiger partial charge in [-0.15, -0.1) is 0 Å². The first-order valence-electron chi connectivity index (χ1n) is 6.73. The highest BCUT2D eigenvalue weighted by Crippen LogP contribution is 2.26. The molecule has 0 aliphatic carbocycles. The molecule has 0 saturated heterocycles. The van der Waals surface area contributed by atoms with Crippen molar-refractivity contribution in [2.75, 3.05) is 23.3 Å². The number of para-hydroxylation sites is 1. The smallest absolute Gasteiger partial charge is 0.246 e. The molecule has 1 aromatic heterocycles. The third-order valence-electron chi connectivity index (χ3n) is 3.40. The molecule has 20 heavy (non-hydrogen) atoms. The highest BCUT2D eigenvalue weighted by Gasteiger charge is 2.21. The summed E-state index contributed by atoms with van der Waals surface area (Å²) in [6, 6.07) is 8.09. The van der Waals surface area contributed by atoms with Crippen LogP contribution in [0, 0.1) is 0 Å². The molecule has 0 spiro atoms. The van der Waals surface area contributed by atoms with E-state index < -0.39 is 0 Å². The fourth-order valence-electron chi connectivity index (χ4n) is 2.44. The molecule has 3 rings (SSSR count). The van der Waals surface area contributed by atoms with Gasteiger partial charge < -0.3 is 10.2 Å². The zero-order valence-corrected chi connectivity index (χ0v) is 11.1. The van der Waals surface area contributed by atoms with Crippen LogP contribution < -0.4 is 10.2 Å². The highest BCUT2D eigenvalue weighted by molar-refractivity contribution is 5.97.